The summed E-state index contributed by atoms with van der Waals surface area (Å²) in [7, 11) is 1.51. The minimum absolute atomic E-state index is 0.0305. The third kappa shape index (κ3) is 5.54. The van der Waals surface area contributed by atoms with E-state index in [0.717, 1.165) is 18.9 Å². The van der Waals surface area contributed by atoms with Gasteiger partial charge in [-0.25, -0.2) is 14.6 Å². The molecule has 35 heavy (non-hydrogen) atoms. The van der Waals surface area contributed by atoms with Gasteiger partial charge in [-0.15, -0.1) is 10.2 Å². The van der Waals surface area contributed by atoms with Crippen LogP contribution < -0.4 is 26.4 Å². The first-order chi connectivity index (χ1) is 16.8. The van der Waals surface area contributed by atoms with Crippen molar-refractivity contribution in [2.75, 3.05) is 12.1 Å². The predicted octanol–water partition coefficient (Wildman–Crippen LogP) is 0.184. The number of ether oxygens (including phenoxy) is 1. The van der Waals surface area contributed by atoms with E-state index in [9.17, 15) is 19.2 Å². The number of carboxylic acid groups (broad SMARTS) is 1. The topological polar surface area (TPSA) is 177 Å². The third-order valence-corrected chi connectivity index (χ3v) is 5.09. The number of aromatic nitrogens is 6. The number of nitrogens with one attached hydrogen (secondary N) is 2. The van der Waals surface area contributed by atoms with Gasteiger partial charge < -0.3 is 14.4 Å². The van der Waals surface area contributed by atoms with Crippen LogP contribution in [0.25, 0.3) is 11.2 Å². The summed E-state index contributed by atoms with van der Waals surface area (Å²) in [6.45, 7) is 4.70. The van der Waals surface area contributed by atoms with Crippen molar-refractivity contribution >= 4 is 29.2 Å². The van der Waals surface area contributed by atoms with Crippen LogP contribution in [0.5, 0.6) is 5.88 Å². The molecule has 186 valence electrons. The van der Waals surface area contributed by atoms with Crippen molar-refractivity contribution < 1.29 is 19.4 Å². The molecule has 3 heterocycles. The van der Waals surface area contributed by atoms with Crippen molar-refractivity contribution in [3.63, 3.8) is 0 Å². The molecule has 0 atom stereocenters. The van der Waals surface area contributed by atoms with Gasteiger partial charge in [0.05, 0.1) is 0 Å². The molecule has 0 saturated carbocycles. The summed E-state index contributed by atoms with van der Waals surface area (Å²) in [5.41, 5.74) is 1.77. The van der Waals surface area contributed by atoms with E-state index < -0.39 is 17.2 Å². The van der Waals surface area contributed by atoms with Crippen LogP contribution in [0.2, 0.25) is 0 Å². The fourth-order valence-electron chi connectivity index (χ4n) is 3.36. The largest absolute Gasteiger partial charge is 0.477 e. The highest BCUT2D eigenvalue weighted by Crippen LogP contribution is 2.16. The number of aldehydes is 1. The standard InChI is InChI=1S/C21H26N8O6/c1-4-6-10-29-18-17(19(31)23-21(29)34)28(5-2)15(22-18)12-35-16-8-7-14(24-25-16)27(3)26-13(9-11-30)20(32)33/h7-9,11,26H,4-6,10,12H2,1-3H3,(H,32,33)(H,23,31,34)/b13-9-. The van der Waals surface area contributed by atoms with E-state index in [2.05, 4.69) is 25.6 Å². The molecule has 0 spiro atoms. The van der Waals surface area contributed by atoms with Crippen molar-refractivity contribution in [3.05, 3.63) is 50.6 Å². The molecular formula is C21H26N8O6. The number of aryl methyl sites for hydroxylation is 2. The van der Waals surface area contributed by atoms with Crippen LogP contribution in [-0.2, 0) is 29.3 Å². The van der Waals surface area contributed by atoms with Gasteiger partial charge >= 0.3 is 11.7 Å². The molecule has 14 nitrogen and oxygen atoms in total. The van der Waals surface area contributed by atoms with Crippen LogP contribution in [-0.4, -0.2) is 53.7 Å². The number of unbranched alkanes of at least 4 members (excludes halogenated alkanes) is 1. The van der Waals surface area contributed by atoms with Crippen LogP contribution >= 0.6 is 0 Å². The van der Waals surface area contributed by atoms with Crippen molar-refractivity contribution in [3.8, 4) is 5.88 Å². The average Bonchev–Trinajstić information content (AvgIpc) is 3.21. The SMILES string of the molecule is CCCCn1c(=O)[nH]c(=O)c2c1nc(COc1ccc(N(C)N/C(=C\C=O)C(=O)O)nn1)n2CC. The van der Waals surface area contributed by atoms with E-state index in [0.29, 0.717) is 36.4 Å². The first-order valence-electron chi connectivity index (χ1n) is 10.9. The second-order valence-electron chi connectivity index (χ2n) is 7.42. The van der Waals surface area contributed by atoms with Gasteiger partial charge in [-0.05, 0) is 19.4 Å². The molecule has 0 fully saturated rings. The lowest BCUT2D eigenvalue weighted by molar-refractivity contribution is -0.133. The van der Waals surface area contributed by atoms with Gasteiger partial charge in [-0.2, -0.15) is 0 Å². The normalized spacial score (nSPS) is 11.5. The smallest absolute Gasteiger partial charge is 0.353 e. The molecule has 0 aromatic carbocycles. The van der Waals surface area contributed by atoms with Crippen molar-refractivity contribution in [2.45, 2.75) is 46.4 Å². The number of carboxylic acids is 1. The van der Waals surface area contributed by atoms with Gasteiger partial charge in [-0.1, -0.05) is 13.3 Å². The van der Waals surface area contributed by atoms with Crippen LogP contribution in [0.3, 0.4) is 0 Å². The summed E-state index contributed by atoms with van der Waals surface area (Å²) in [6, 6.07) is 3.05. The molecule has 3 rings (SSSR count). The van der Waals surface area contributed by atoms with Crippen molar-refractivity contribution in [1.82, 2.24) is 34.7 Å². The Morgan fingerprint density at radius 2 is 2.03 bits per heavy atom. The van der Waals surface area contributed by atoms with Gasteiger partial charge in [0.15, 0.2) is 17.0 Å². The number of nitrogens with zero attached hydrogens (tertiary/aromatic N) is 6. The van der Waals surface area contributed by atoms with Gasteiger partial charge in [0.2, 0.25) is 5.88 Å². The molecule has 0 bridgehead atoms. The molecule has 0 aliphatic heterocycles. The quantitative estimate of drug-likeness (QED) is 0.181. The molecular weight excluding hydrogens is 460 g/mol. The number of carbonyl (C=O) groups excluding carboxylic acids is 1. The summed E-state index contributed by atoms with van der Waals surface area (Å²) in [5.74, 6) is -0.438. The first kappa shape index (κ1) is 25.1. The van der Waals surface area contributed by atoms with Gasteiger partial charge in [0, 0.05) is 32.3 Å². The summed E-state index contributed by atoms with van der Waals surface area (Å²) in [6.07, 6.45) is 2.86. The van der Waals surface area contributed by atoms with Gasteiger partial charge in [0.25, 0.3) is 5.56 Å². The summed E-state index contributed by atoms with van der Waals surface area (Å²) >= 11 is 0. The lowest BCUT2D eigenvalue weighted by Crippen LogP contribution is -2.37. The number of rotatable bonds is 12. The molecule has 0 saturated heterocycles. The summed E-state index contributed by atoms with van der Waals surface area (Å²) < 4.78 is 8.84. The Balaban J connectivity index is 1.80. The summed E-state index contributed by atoms with van der Waals surface area (Å²) in [4.78, 5) is 53.4. The molecule has 0 aliphatic carbocycles. The Bertz CT molecular complexity index is 1360. The molecule has 0 aliphatic rings. The van der Waals surface area contributed by atoms with Crippen LogP contribution in [0.1, 0.15) is 32.5 Å². The van der Waals surface area contributed by atoms with Crippen LogP contribution in [0.15, 0.2) is 33.5 Å². The van der Waals surface area contributed by atoms with Gasteiger partial charge in [-0.3, -0.25) is 29.6 Å². The number of carbonyl (C=O) groups is 2. The van der Waals surface area contributed by atoms with E-state index in [1.807, 2.05) is 13.8 Å². The highest BCUT2D eigenvalue weighted by Gasteiger charge is 2.18. The zero-order valence-corrected chi connectivity index (χ0v) is 19.5. The molecule has 3 aromatic heterocycles. The van der Waals surface area contributed by atoms with E-state index in [4.69, 9.17) is 9.84 Å². The molecule has 0 amide bonds. The second kappa shape index (κ2) is 11.1. The van der Waals surface area contributed by atoms with Crippen LogP contribution in [0.4, 0.5) is 5.82 Å². The fraction of sp³-hybridized carbons (Fsp3) is 0.381. The number of aromatic amines is 1. The number of H-pyrrole nitrogens is 1. The lowest BCUT2D eigenvalue weighted by atomic mass is 10.3. The first-order valence-corrected chi connectivity index (χ1v) is 10.9. The molecule has 3 N–H and O–H groups in total. The minimum atomic E-state index is -1.31. The zero-order chi connectivity index (χ0) is 25.5. The van der Waals surface area contributed by atoms with E-state index >= 15 is 0 Å². The third-order valence-electron chi connectivity index (χ3n) is 5.09. The Morgan fingerprint density at radius 3 is 2.63 bits per heavy atom. The van der Waals surface area contributed by atoms with Crippen molar-refractivity contribution in [2.24, 2.45) is 0 Å². The van der Waals surface area contributed by atoms with Crippen LogP contribution in [0, 0.1) is 0 Å². The number of hydrazine groups is 1. The number of fused-ring (bicyclic) bond motifs is 1. The van der Waals surface area contributed by atoms with E-state index in [1.54, 1.807) is 4.57 Å². The van der Waals surface area contributed by atoms with E-state index in [1.165, 1.54) is 28.8 Å². The second-order valence-corrected chi connectivity index (χ2v) is 7.42. The predicted molar refractivity (Wildman–Crippen MR) is 125 cm³/mol. The van der Waals surface area contributed by atoms with Crippen molar-refractivity contribution in [1.29, 1.82) is 0 Å². The average molecular weight is 486 g/mol. The highest BCUT2D eigenvalue weighted by atomic mass is 16.5. The Kier molecular flexibility index (Phi) is 7.96. The maximum Gasteiger partial charge on any atom is 0.353 e. The number of imidazole rings is 1. The summed E-state index contributed by atoms with van der Waals surface area (Å²) in [5, 5.41) is 18.3. The number of aliphatic carboxylic acids is 1. The monoisotopic (exact) mass is 486 g/mol. The molecule has 3 aromatic rings. The molecule has 14 heteroatoms. The number of allylic oxidation sites excluding steroid dienone is 1. The van der Waals surface area contributed by atoms with Gasteiger partial charge in [0.1, 0.15) is 24.4 Å². The Labute approximate surface area is 198 Å². The van der Waals surface area contributed by atoms with E-state index in [-0.39, 0.29) is 24.0 Å². The fourth-order valence-corrected chi connectivity index (χ4v) is 3.36. The Morgan fingerprint density at radius 1 is 1.26 bits per heavy atom. The maximum absolute atomic E-state index is 12.5. The zero-order valence-electron chi connectivity index (χ0n) is 19.5. The number of anilines is 1. The maximum atomic E-state index is 12.5. The molecule has 0 radical (unpaired) electrons. The number of hydrogen-bond donors (Lipinski definition) is 3. The Hall–Kier alpha value is -4.49. The molecule has 0 unspecified atom stereocenters. The highest BCUT2D eigenvalue weighted by molar-refractivity contribution is 5.90. The lowest BCUT2D eigenvalue weighted by Gasteiger charge is -2.19. The number of hydrogen-bond acceptors (Lipinski definition) is 10. The minimum Gasteiger partial charge on any atom is -0.477 e.